The summed E-state index contributed by atoms with van der Waals surface area (Å²) >= 11 is 0. The Bertz CT molecular complexity index is 1810. The number of phosphoric ester groups is 1. The summed E-state index contributed by atoms with van der Waals surface area (Å²) in [4.78, 5) is 35.2. The fraction of sp³-hybridized carbons (Fsp3) is 0.582. The van der Waals surface area contributed by atoms with Gasteiger partial charge in [0.05, 0.1) is 13.2 Å². The second-order valence-electron chi connectivity index (χ2n) is 19.1. The van der Waals surface area contributed by atoms with Gasteiger partial charge < -0.3 is 20.1 Å². The molecular formula is C67H108NO8P. The van der Waals surface area contributed by atoms with E-state index >= 15 is 0 Å². The Morgan fingerprint density at radius 1 is 0.390 bits per heavy atom. The molecule has 0 radical (unpaired) electrons. The van der Waals surface area contributed by atoms with Crippen molar-refractivity contribution in [1.82, 2.24) is 0 Å². The molecule has 0 saturated heterocycles. The summed E-state index contributed by atoms with van der Waals surface area (Å²) in [6.07, 6.45) is 88.8. The van der Waals surface area contributed by atoms with Gasteiger partial charge in [0.2, 0.25) is 0 Å². The molecule has 0 bridgehead atoms. The first kappa shape index (κ1) is 72.6. The van der Waals surface area contributed by atoms with E-state index in [0.29, 0.717) is 19.3 Å². The lowest BCUT2D eigenvalue weighted by atomic mass is 10.0. The van der Waals surface area contributed by atoms with Crippen LogP contribution in [-0.4, -0.2) is 49.3 Å². The maximum absolute atomic E-state index is 12.7. The third kappa shape index (κ3) is 60.7. The topological polar surface area (TPSA) is 134 Å². The van der Waals surface area contributed by atoms with Crippen molar-refractivity contribution in [3.8, 4) is 0 Å². The van der Waals surface area contributed by atoms with Crippen LogP contribution in [0, 0.1) is 0 Å². The van der Waals surface area contributed by atoms with Gasteiger partial charge in [-0.15, -0.1) is 0 Å². The third-order valence-electron chi connectivity index (χ3n) is 11.9. The molecule has 0 aromatic rings. The van der Waals surface area contributed by atoms with Crippen LogP contribution in [0.1, 0.15) is 219 Å². The molecule has 0 heterocycles. The van der Waals surface area contributed by atoms with Gasteiger partial charge in [-0.05, 0) is 116 Å². The van der Waals surface area contributed by atoms with Crippen molar-refractivity contribution in [3.63, 3.8) is 0 Å². The van der Waals surface area contributed by atoms with E-state index < -0.39 is 32.5 Å². The first-order chi connectivity index (χ1) is 37.8. The average Bonchev–Trinajstić information content (AvgIpc) is 3.42. The highest BCUT2D eigenvalue weighted by molar-refractivity contribution is 7.47. The highest BCUT2D eigenvalue weighted by Gasteiger charge is 2.26. The lowest BCUT2D eigenvalue weighted by molar-refractivity contribution is -0.161. The molecule has 10 heteroatoms. The van der Waals surface area contributed by atoms with Gasteiger partial charge in [-0.2, -0.15) is 0 Å². The second-order valence-corrected chi connectivity index (χ2v) is 20.6. The maximum atomic E-state index is 12.7. The first-order valence-electron chi connectivity index (χ1n) is 30.0. The number of carbonyl (C=O) groups excluding carboxylic acids is 2. The number of carbonyl (C=O) groups is 2. The van der Waals surface area contributed by atoms with Gasteiger partial charge in [-0.25, -0.2) is 4.57 Å². The summed E-state index contributed by atoms with van der Waals surface area (Å²) in [7, 11) is -4.42. The minimum atomic E-state index is -4.42. The first-order valence-corrected chi connectivity index (χ1v) is 31.5. The minimum Gasteiger partial charge on any atom is -0.462 e. The number of phosphoric acid groups is 1. The van der Waals surface area contributed by atoms with Crippen LogP contribution in [0.15, 0.2) is 158 Å². The molecule has 434 valence electrons. The van der Waals surface area contributed by atoms with Crippen LogP contribution >= 0.6 is 7.82 Å². The van der Waals surface area contributed by atoms with Crippen molar-refractivity contribution in [1.29, 1.82) is 0 Å². The molecule has 77 heavy (non-hydrogen) atoms. The van der Waals surface area contributed by atoms with Crippen LogP contribution in [0.25, 0.3) is 0 Å². The maximum Gasteiger partial charge on any atom is 0.472 e. The number of ether oxygens (including phenoxy) is 2. The Kier molecular flexibility index (Phi) is 57.4. The largest absolute Gasteiger partial charge is 0.472 e. The third-order valence-corrected chi connectivity index (χ3v) is 12.9. The number of rotatable bonds is 54. The Hall–Kier alpha value is -4.37. The molecule has 3 N–H and O–H groups in total. The van der Waals surface area contributed by atoms with E-state index in [9.17, 15) is 19.0 Å². The normalized spacial score (nSPS) is 14.2. The zero-order valence-corrected chi connectivity index (χ0v) is 49.3. The predicted molar refractivity (Wildman–Crippen MR) is 330 cm³/mol. The standard InChI is InChI=1S/C67H108NO8P/c1-3-5-7-9-11-13-15-17-19-21-23-25-27-28-29-30-31-32-33-34-35-36-38-39-41-43-45-47-49-51-53-55-57-59-66(69)73-63-65(64-75-77(71,72)74-62-61-68)76-67(70)60-58-56-54-52-50-48-46-44-42-40-37-26-24-22-20-18-16-14-12-10-8-6-4-2/h5-8,11-14,17-20,23-26,28-29,31-32,40,42,46,48,52,54,65H,3-4,9-10,15-16,21-22,27,30,33-39,41,43-45,47,49-51,53,55-64,68H2,1-2H3,(H,71,72)/b7-5-,8-6-,13-11-,14-12-,19-17-,20-18-,25-23-,26-24-,29-28-,32-31-,42-40-,48-46-,54-52-. The van der Waals surface area contributed by atoms with E-state index in [2.05, 4.69) is 166 Å². The highest BCUT2D eigenvalue weighted by Crippen LogP contribution is 2.43. The lowest BCUT2D eigenvalue weighted by Crippen LogP contribution is -2.29. The van der Waals surface area contributed by atoms with Crippen LogP contribution in [0.2, 0.25) is 0 Å². The molecule has 0 aliphatic rings. The quantitative estimate of drug-likeness (QED) is 0.0264. The van der Waals surface area contributed by atoms with E-state index in [0.717, 1.165) is 103 Å². The summed E-state index contributed by atoms with van der Waals surface area (Å²) in [5, 5.41) is 0. The Labute approximate surface area is 470 Å². The van der Waals surface area contributed by atoms with E-state index in [1.165, 1.54) is 70.6 Å². The highest BCUT2D eigenvalue weighted by atomic mass is 31.2. The fourth-order valence-electron chi connectivity index (χ4n) is 7.57. The van der Waals surface area contributed by atoms with Crippen molar-refractivity contribution in [2.24, 2.45) is 5.73 Å². The van der Waals surface area contributed by atoms with Crippen LogP contribution in [0.4, 0.5) is 0 Å². The Morgan fingerprint density at radius 2 is 0.688 bits per heavy atom. The van der Waals surface area contributed by atoms with E-state index in [1.807, 2.05) is 6.08 Å². The number of unbranched alkanes of at least 4 members (excludes halogenated alkanes) is 15. The molecule has 0 aliphatic heterocycles. The van der Waals surface area contributed by atoms with Gasteiger partial charge in [0, 0.05) is 19.4 Å². The molecule has 2 atom stereocenters. The van der Waals surface area contributed by atoms with E-state index in [-0.39, 0.29) is 32.6 Å². The number of allylic oxidation sites excluding steroid dienone is 26. The van der Waals surface area contributed by atoms with E-state index in [4.69, 9.17) is 24.3 Å². The van der Waals surface area contributed by atoms with Gasteiger partial charge in [-0.3, -0.25) is 18.6 Å². The van der Waals surface area contributed by atoms with Crippen molar-refractivity contribution in [2.45, 2.75) is 225 Å². The summed E-state index contributed by atoms with van der Waals surface area (Å²) in [6, 6.07) is 0. The Balaban J connectivity index is 4.05. The second kappa shape index (κ2) is 60.9. The zero-order valence-electron chi connectivity index (χ0n) is 48.4. The van der Waals surface area contributed by atoms with Crippen LogP contribution < -0.4 is 5.73 Å². The molecule has 0 fully saturated rings. The number of esters is 2. The van der Waals surface area contributed by atoms with Gasteiger partial charge in [0.1, 0.15) is 6.61 Å². The molecule has 0 aromatic heterocycles. The molecular weight excluding hydrogens is 978 g/mol. The van der Waals surface area contributed by atoms with Crippen LogP contribution in [0.3, 0.4) is 0 Å². The van der Waals surface area contributed by atoms with Crippen molar-refractivity contribution in [2.75, 3.05) is 26.4 Å². The molecule has 0 rings (SSSR count). The van der Waals surface area contributed by atoms with Gasteiger partial charge in [0.25, 0.3) is 0 Å². The van der Waals surface area contributed by atoms with Gasteiger partial charge in [-0.1, -0.05) is 249 Å². The minimum absolute atomic E-state index is 0.0360. The SMILES string of the molecule is CC/C=C\C/C=C\C/C=C\C/C=C\C/C=C\C/C=C\C/C=C\CCCC(=O)OC(COC(=O)CCCCCCCCCCCCCCCC/C=C\C/C=C\C/C=C\C/C=C\C/C=C\C/C=C\CC)COP(=O)(O)OCCN. The fourth-order valence-corrected chi connectivity index (χ4v) is 8.33. The summed E-state index contributed by atoms with van der Waals surface area (Å²) in [5.41, 5.74) is 5.38. The Morgan fingerprint density at radius 3 is 1.04 bits per heavy atom. The molecule has 2 unspecified atom stereocenters. The van der Waals surface area contributed by atoms with Gasteiger partial charge in [0.15, 0.2) is 6.10 Å². The van der Waals surface area contributed by atoms with Crippen LogP contribution in [0.5, 0.6) is 0 Å². The average molecular weight is 1090 g/mol. The monoisotopic (exact) mass is 1090 g/mol. The van der Waals surface area contributed by atoms with Crippen molar-refractivity contribution < 1.29 is 37.6 Å². The predicted octanol–water partition coefficient (Wildman–Crippen LogP) is 19.3. The summed E-state index contributed by atoms with van der Waals surface area (Å²) in [6.45, 7) is 3.43. The smallest absolute Gasteiger partial charge is 0.462 e. The summed E-state index contributed by atoms with van der Waals surface area (Å²) in [5.74, 6) is -0.908. The van der Waals surface area contributed by atoms with Gasteiger partial charge >= 0.3 is 19.8 Å². The molecule has 0 aliphatic carbocycles. The number of hydrogen-bond acceptors (Lipinski definition) is 8. The van der Waals surface area contributed by atoms with Crippen molar-refractivity contribution in [3.05, 3.63) is 158 Å². The molecule has 0 saturated carbocycles. The van der Waals surface area contributed by atoms with E-state index in [1.54, 1.807) is 0 Å². The van der Waals surface area contributed by atoms with Crippen LogP contribution in [-0.2, 0) is 32.7 Å². The molecule has 0 aromatic carbocycles. The molecule has 0 amide bonds. The summed E-state index contributed by atoms with van der Waals surface area (Å²) < 4.78 is 33.0. The number of hydrogen-bond donors (Lipinski definition) is 2. The zero-order chi connectivity index (χ0) is 55.9. The molecule has 9 nitrogen and oxygen atoms in total. The lowest BCUT2D eigenvalue weighted by Gasteiger charge is -2.19. The molecule has 0 spiro atoms. The van der Waals surface area contributed by atoms with Crippen molar-refractivity contribution >= 4 is 19.8 Å². The number of nitrogens with two attached hydrogens (primary N) is 1.